The lowest BCUT2D eigenvalue weighted by Gasteiger charge is -2.40. The number of likely N-dealkylation sites (N-methyl/N-ethyl adjacent to an activating group) is 2. The minimum atomic E-state index is 0.203. The van der Waals surface area contributed by atoms with Gasteiger partial charge >= 0.3 is 0 Å². The van der Waals surface area contributed by atoms with Gasteiger partial charge in [0.2, 0.25) is 0 Å². The lowest BCUT2D eigenvalue weighted by atomic mass is 9.79. The van der Waals surface area contributed by atoms with Crippen LogP contribution in [-0.2, 0) is 41.8 Å². The highest BCUT2D eigenvalue weighted by Crippen LogP contribution is 2.44. The Balaban J connectivity index is 0.875. The van der Waals surface area contributed by atoms with Gasteiger partial charge in [-0.25, -0.2) is 15.0 Å². The van der Waals surface area contributed by atoms with E-state index in [1.807, 2.05) is 12.4 Å². The van der Waals surface area contributed by atoms with Crippen LogP contribution in [0.1, 0.15) is 94.3 Å². The van der Waals surface area contributed by atoms with E-state index >= 15 is 0 Å². The van der Waals surface area contributed by atoms with Gasteiger partial charge in [-0.15, -0.1) is 0 Å². The number of anilines is 2. The molecule has 58 heavy (non-hydrogen) atoms. The lowest BCUT2D eigenvalue weighted by molar-refractivity contribution is 0.122. The second-order valence-electron chi connectivity index (χ2n) is 17.4. The molecule has 2 saturated heterocycles. The molecular formula is C45H59N11O2. The fraction of sp³-hybridized carbons (Fsp3) is 0.578. The molecule has 13 nitrogen and oxygen atoms in total. The molecule has 0 bridgehead atoms. The zero-order valence-corrected chi connectivity index (χ0v) is 34.3. The average Bonchev–Trinajstić information content (AvgIpc) is 3.28. The van der Waals surface area contributed by atoms with Crippen LogP contribution < -0.4 is 20.4 Å². The number of pyridine rings is 3. The van der Waals surface area contributed by atoms with Crippen LogP contribution in [0.3, 0.4) is 0 Å². The molecule has 13 heteroatoms. The number of aromatic nitrogens is 5. The molecule has 0 amide bonds. The second-order valence-corrected chi connectivity index (χ2v) is 17.4. The standard InChI is InChI=1S/C45H59N11O2/c1-53(40-9-3-6-30-7-4-12-46-42(30)40)27-32-23-36-31(25-48-32)22-38(52-45(36)56-16-20-58-21-17-56)34-10-11-41(43-35(34)8-5-13-47-43)54(2)28-33-24-37-39(26-49-33)50-29-51-44(37)55-14-18-57-19-15-55/h4-5,7-8,12-13,22,29,32-34,40-41,48-49H,3,6,9-11,14-21,23-28H2,1-2H3/t32-,33-,34?,40-,41-/m0/s1. The maximum atomic E-state index is 5.84. The summed E-state index contributed by atoms with van der Waals surface area (Å²) >= 11 is 0. The van der Waals surface area contributed by atoms with Crippen molar-refractivity contribution in [3.8, 4) is 0 Å². The molecule has 0 radical (unpaired) electrons. The van der Waals surface area contributed by atoms with E-state index < -0.39 is 0 Å². The van der Waals surface area contributed by atoms with E-state index in [-0.39, 0.29) is 12.0 Å². The molecule has 4 aromatic rings. The fourth-order valence-corrected chi connectivity index (χ4v) is 10.8. The zero-order chi connectivity index (χ0) is 39.0. The third-order valence-electron chi connectivity index (χ3n) is 13.8. The van der Waals surface area contributed by atoms with Gasteiger partial charge in [-0.2, -0.15) is 0 Å². The van der Waals surface area contributed by atoms with Crippen molar-refractivity contribution >= 4 is 11.6 Å². The van der Waals surface area contributed by atoms with E-state index in [1.165, 1.54) is 63.6 Å². The van der Waals surface area contributed by atoms with Gasteiger partial charge in [0, 0.05) is 93.9 Å². The van der Waals surface area contributed by atoms with Crippen molar-refractivity contribution in [2.75, 3.05) is 89.6 Å². The van der Waals surface area contributed by atoms with Crippen molar-refractivity contribution < 1.29 is 9.47 Å². The Kier molecular flexibility index (Phi) is 11.1. The molecule has 2 aliphatic carbocycles. The fourth-order valence-electron chi connectivity index (χ4n) is 10.8. The summed E-state index contributed by atoms with van der Waals surface area (Å²) in [4.78, 5) is 35.0. The molecule has 1 unspecified atom stereocenters. The Labute approximate surface area is 343 Å². The van der Waals surface area contributed by atoms with E-state index in [4.69, 9.17) is 29.4 Å². The molecule has 10 rings (SSSR count). The first-order valence-corrected chi connectivity index (χ1v) is 21.8. The SMILES string of the molecule is CN(C[C@@H]1Cc2c(cc(C3CC[C@H](N(C)C[C@@H]4Cc5c(ncnc5N5CCOCC5)CN4)c4ncccc43)nc2N2CCOCC2)CN1)[C@H]1CCCc2cccnc21. The van der Waals surface area contributed by atoms with E-state index in [9.17, 15) is 0 Å². The van der Waals surface area contributed by atoms with Gasteiger partial charge in [-0.1, -0.05) is 12.1 Å². The van der Waals surface area contributed by atoms with Gasteiger partial charge < -0.3 is 29.9 Å². The summed E-state index contributed by atoms with van der Waals surface area (Å²) in [5.74, 6) is 2.46. The quantitative estimate of drug-likeness (QED) is 0.255. The molecule has 6 aliphatic rings. The smallest absolute Gasteiger partial charge is 0.135 e. The maximum absolute atomic E-state index is 5.84. The number of rotatable bonds is 9. The average molecular weight is 786 g/mol. The summed E-state index contributed by atoms with van der Waals surface area (Å²) in [6.07, 6.45) is 13.1. The number of aryl methyl sites for hydroxylation is 1. The Bertz CT molecular complexity index is 2070. The molecule has 0 spiro atoms. The largest absolute Gasteiger partial charge is 0.378 e. The molecule has 0 saturated carbocycles. The van der Waals surface area contributed by atoms with Crippen LogP contribution in [0, 0.1) is 0 Å². The van der Waals surface area contributed by atoms with Crippen LogP contribution >= 0.6 is 0 Å². The van der Waals surface area contributed by atoms with E-state index in [2.05, 4.69) is 79.6 Å². The summed E-state index contributed by atoms with van der Waals surface area (Å²) in [5, 5.41) is 7.77. The number of hydrogen-bond donors (Lipinski definition) is 2. The molecule has 4 aromatic heterocycles. The minimum Gasteiger partial charge on any atom is -0.378 e. The van der Waals surface area contributed by atoms with Crippen LogP contribution in [0.5, 0.6) is 0 Å². The minimum absolute atomic E-state index is 0.203. The highest BCUT2D eigenvalue weighted by atomic mass is 16.5. The van der Waals surface area contributed by atoms with Crippen LogP contribution in [0.2, 0.25) is 0 Å². The van der Waals surface area contributed by atoms with Crippen molar-refractivity contribution in [2.24, 2.45) is 0 Å². The van der Waals surface area contributed by atoms with Gasteiger partial charge in [-0.05, 0) is 93.9 Å². The van der Waals surface area contributed by atoms with Crippen LogP contribution in [0.25, 0.3) is 0 Å². The Hall–Kier alpha value is -4.11. The van der Waals surface area contributed by atoms with Gasteiger partial charge in [0.15, 0.2) is 0 Å². The van der Waals surface area contributed by atoms with E-state index in [0.29, 0.717) is 18.1 Å². The molecule has 0 aromatic carbocycles. The number of ether oxygens (including phenoxy) is 2. The Morgan fingerprint density at radius 3 is 2.16 bits per heavy atom. The highest BCUT2D eigenvalue weighted by Gasteiger charge is 2.36. The van der Waals surface area contributed by atoms with Crippen molar-refractivity contribution in [3.63, 3.8) is 0 Å². The van der Waals surface area contributed by atoms with Crippen LogP contribution in [-0.4, -0.2) is 127 Å². The first-order valence-electron chi connectivity index (χ1n) is 21.8. The van der Waals surface area contributed by atoms with Crippen molar-refractivity contribution in [1.82, 2.24) is 45.4 Å². The lowest BCUT2D eigenvalue weighted by Crippen LogP contribution is -2.46. The summed E-state index contributed by atoms with van der Waals surface area (Å²) in [6, 6.07) is 12.5. The molecular weight excluding hydrogens is 727 g/mol. The molecule has 306 valence electrons. The molecule has 4 aliphatic heterocycles. The molecule has 8 heterocycles. The molecule has 2 N–H and O–H groups in total. The topological polar surface area (TPSA) is 120 Å². The third-order valence-corrected chi connectivity index (χ3v) is 13.8. The maximum Gasteiger partial charge on any atom is 0.135 e. The highest BCUT2D eigenvalue weighted by molar-refractivity contribution is 5.55. The molecule has 5 atom stereocenters. The number of nitrogens with zero attached hydrogens (tertiary/aromatic N) is 9. The van der Waals surface area contributed by atoms with Crippen molar-refractivity contribution in [1.29, 1.82) is 0 Å². The zero-order valence-electron chi connectivity index (χ0n) is 34.3. The van der Waals surface area contributed by atoms with Gasteiger partial charge in [0.25, 0.3) is 0 Å². The van der Waals surface area contributed by atoms with E-state index in [1.54, 1.807) is 6.33 Å². The number of nitrogens with one attached hydrogen (secondary N) is 2. The predicted molar refractivity (Wildman–Crippen MR) is 224 cm³/mol. The summed E-state index contributed by atoms with van der Waals surface area (Å²) in [6.45, 7) is 10.0. The second kappa shape index (κ2) is 16.9. The predicted octanol–water partition coefficient (Wildman–Crippen LogP) is 3.97. The monoisotopic (exact) mass is 785 g/mol. The summed E-state index contributed by atoms with van der Waals surface area (Å²) in [5.41, 5.74) is 11.6. The summed E-state index contributed by atoms with van der Waals surface area (Å²) in [7, 11) is 4.57. The van der Waals surface area contributed by atoms with Gasteiger partial charge in [-0.3, -0.25) is 19.8 Å². The third kappa shape index (κ3) is 7.61. The van der Waals surface area contributed by atoms with Gasteiger partial charge in [0.05, 0.1) is 61.3 Å². The molecule has 2 fully saturated rings. The van der Waals surface area contributed by atoms with E-state index in [0.717, 1.165) is 122 Å². The van der Waals surface area contributed by atoms with Crippen molar-refractivity contribution in [3.05, 3.63) is 99.6 Å². The van der Waals surface area contributed by atoms with Crippen LogP contribution in [0.4, 0.5) is 11.6 Å². The number of morpholine rings is 2. The summed E-state index contributed by atoms with van der Waals surface area (Å²) < 4.78 is 11.5. The first kappa shape index (κ1) is 38.1. The van der Waals surface area contributed by atoms with Crippen molar-refractivity contribution in [2.45, 2.75) is 88.1 Å². The normalized spacial score (nSPS) is 25.9. The Morgan fingerprint density at radius 2 is 1.38 bits per heavy atom. The first-order chi connectivity index (χ1) is 28.6. The number of hydrogen-bond acceptors (Lipinski definition) is 13. The van der Waals surface area contributed by atoms with Crippen LogP contribution in [0.15, 0.2) is 49.1 Å². The van der Waals surface area contributed by atoms with Gasteiger partial charge in [0.1, 0.15) is 18.0 Å². The Morgan fingerprint density at radius 1 is 0.707 bits per heavy atom. The number of fused-ring (bicyclic) bond motifs is 4.